The maximum atomic E-state index is 12.2. The highest BCUT2D eigenvalue weighted by Crippen LogP contribution is 2.52. The standard InChI is InChI=1S/C10H11Cl5O/c1-8(2,3)9(13)4-5(11)6(12)10(14,15)7(9)16/h4,6H,1-3H3. The van der Waals surface area contributed by atoms with Crippen molar-refractivity contribution in [1.82, 2.24) is 0 Å². The molecule has 2 atom stereocenters. The first-order valence-electron chi connectivity index (χ1n) is 4.58. The fourth-order valence-corrected chi connectivity index (χ4v) is 2.97. The van der Waals surface area contributed by atoms with Gasteiger partial charge in [0.15, 0.2) is 10.1 Å². The van der Waals surface area contributed by atoms with Crippen molar-refractivity contribution < 1.29 is 4.79 Å². The van der Waals surface area contributed by atoms with E-state index in [0.717, 1.165) is 0 Å². The third-order valence-electron chi connectivity index (χ3n) is 2.62. The van der Waals surface area contributed by atoms with Crippen LogP contribution in [-0.4, -0.2) is 20.4 Å². The van der Waals surface area contributed by atoms with Gasteiger partial charge in [-0.2, -0.15) is 0 Å². The van der Waals surface area contributed by atoms with Gasteiger partial charge in [0.05, 0.1) is 0 Å². The van der Waals surface area contributed by atoms with Gasteiger partial charge in [0.25, 0.3) is 0 Å². The van der Waals surface area contributed by atoms with E-state index < -0.39 is 25.8 Å². The molecular weight excluding hydrogens is 313 g/mol. The van der Waals surface area contributed by atoms with E-state index in [4.69, 9.17) is 58.0 Å². The molecule has 0 radical (unpaired) electrons. The predicted octanol–water partition coefficient (Wildman–Crippen LogP) is 4.50. The lowest BCUT2D eigenvalue weighted by atomic mass is 9.73. The summed E-state index contributed by atoms with van der Waals surface area (Å²) >= 11 is 30.0. The Hall–Kier alpha value is 0.860. The molecule has 0 aromatic heterocycles. The summed E-state index contributed by atoms with van der Waals surface area (Å²) in [5, 5.41) is -0.782. The summed E-state index contributed by atoms with van der Waals surface area (Å²) in [6.45, 7) is 5.41. The van der Waals surface area contributed by atoms with Crippen LogP contribution in [0.2, 0.25) is 0 Å². The first-order chi connectivity index (χ1) is 6.94. The van der Waals surface area contributed by atoms with Crippen LogP contribution in [0.15, 0.2) is 11.1 Å². The molecule has 0 saturated heterocycles. The summed E-state index contributed by atoms with van der Waals surface area (Å²) in [6.07, 6.45) is 1.43. The second-order valence-corrected chi connectivity index (χ2v) is 7.66. The van der Waals surface area contributed by atoms with E-state index in [9.17, 15) is 4.79 Å². The molecule has 1 nitrogen and oxygen atoms in total. The van der Waals surface area contributed by atoms with Crippen molar-refractivity contribution in [2.45, 2.75) is 35.4 Å². The molecule has 0 spiro atoms. The molecule has 6 heteroatoms. The predicted molar refractivity (Wildman–Crippen MR) is 71.1 cm³/mol. The summed E-state index contributed by atoms with van der Waals surface area (Å²) in [4.78, 5) is 10.8. The van der Waals surface area contributed by atoms with Gasteiger partial charge in [-0.3, -0.25) is 4.79 Å². The molecule has 92 valence electrons. The van der Waals surface area contributed by atoms with Gasteiger partial charge in [-0.1, -0.05) is 55.6 Å². The van der Waals surface area contributed by atoms with Gasteiger partial charge >= 0.3 is 0 Å². The Kier molecular flexibility index (Phi) is 3.92. The quantitative estimate of drug-likeness (QED) is 0.600. The molecule has 0 heterocycles. The number of carbonyl (C=O) groups excluding carboxylic acids is 1. The average molecular weight is 324 g/mol. The van der Waals surface area contributed by atoms with Crippen LogP contribution in [0.5, 0.6) is 0 Å². The molecule has 0 aliphatic heterocycles. The van der Waals surface area contributed by atoms with Crippen LogP contribution in [0.1, 0.15) is 20.8 Å². The van der Waals surface area contributed by atoms with E-state index >= 15 is 0 Å². The Morgan fingerprint density at radius 3 is 2.06 bits per heavy atom. The molecule has 0 amide bonds. The molecule has 0 aromatic carbocycles. The van der Waals surface area contributed by atoms with E-state index in [2.05, 4.69) is 0 Å². The van der Waals surface area contributed by atoms with Crippen molar-refractivity contribution in [3.8, 4) is 0 Å². The minimum Gasteiger partial charge on any atom is -0.294 e. The lowest BCUT2D eigenvalue weighted by molar-refractivity contribution is -0.123. The topological polar surface area (TPSA) is 17.1 Å². The molecule has 1 aliphatic carbocycles. The Labute approximate surface area is 120 Å². The van der Waals surface area contributed by atoms with Gasteiger partial charge in [-0.05, 0) is 11.5 Å². The van der Waals surface area contributed by atoms with Crippen LogP contribution in [0.4, 0.5) is 0 Å². The van der Waals surface area contributed by atoms with Gasteiger partial charge in [0.2, 0.25) is 0 Å². The van der Waals surface area contributed by atoms with Crippen molar-refractivity contribution in [2.75, 3.05) is 0 Å². The molecule has 1 rings (SSSR count). The summed E-state index contributed by atoms with van der Waals surface area (Å²) < 4.78 is -1.80. The molecule has 1 aliphatic rings. The third kappa shape index (κ3) is 2.10. The number of rotatable bonds is 0. The van der Waals surface area contributed by atoms with Gasteiger partial charge in [0, 0.05) is 5.03 Å². The molecule has 0 bridgehead atoms. The van der Waals surface area contributed by atoms with Crippen LogP contribution in [0.3, 0.4) is 0 Å². The third-order valence-corrected chi connectivity index (χ3v) is 5.47. The number of alkyl halides is 4. The van der Waals surface area contributed by atoms with Crippen molar-refractivity contribution in [3.63, 3.8) is 0 Å². The van der Waals surface area contributed by atoms with Crippen molar-refractivity contribution in [3.05, 3.63) is 11.1 Å². The number of allylic oxidation sites excluding steroid dienone is 2. The van der Waals surface area contributed by atoms with E-state index in [1.807, 2.05) is 0 Å². The zero-order valence-corrected chi connectivity index (χ0v) is 12.7. The summed E-state index contributed by atoms with van der Waals surface area (Å²) in [5.41, 5.74) is -0.572. The number of Topliss-reactive ketones (excluding diaryl/α,β-unsaturated/α-hetero) is 1. The van der Waals surface area contributed by atoms with Crippen LogP contribution >= 0.6 is 58.0 Å². The first kappa shape index (κ1) is 14.9. The molecule has 16 heavy (non-hydrogen) atoms. The first-order valence-corrected chi connectivity index (χ1v) is 6.53. The van der Waals surface area contributed by atoms with Crippen molar-refractivity contribution >= 4 is 63.8 Å². The highest BCUT2D eigenvalue weighted by atomic mass is 35.5. The smallest absolute Gasteiger partial charge is 0.199 e. The van der Waals surface area contributed by atoms with E-state index in [0.29, 0.717) is 0 Å². The molecule has 2 unspecified atom stereocenters. The van der Waals surface area contributed by atoms with Crippen LogP contribution < -0.4 is 0 Å². The number of carbonyl (C=O) groups is 1. The van der Waals surface area contributed by atoms with Crippen LogP contribution in [-0.2, 0) is 4.79 Å². The Morgan fingerprint density at radius 1 is 1.25 bits per heavy atom. The van der Waals surface area contributed by atoms with E-state index in [1.165, 1.54) is 6.08 Å². The number of halogens is 5. The van der Waals surface area contributed by atoms with Crippen molar-refractivity contribution in [1.29, 1.82) is 0 Å². The molecule has 0 saturated carbocycles. The van der Waals surface area contributed by atoms with Crippen LogP contribution in [0, 0.1) is 5.41 Å². The zero-order chi connectivity index (χ0) is 12.9. The summed E-state index contributed by atoms with van der Waals surface area (Å²) in [7, 11) is 0. The largest absolute Gasteiger partial charge is 0.294 e. The minimum absolute atomic E-state index is 0.191. The van der Waals surface area contributed by atoms with E-state index in [-0.39, 0.29) is 5.03 Å². The maximum Gasteiger partial charge on any atom is 0.199 e. The van der Waals surface area contributed by atoms with Gasteiger partial charge in [-0.25, -0.2) is 0 Å². The summed E-state index contributed by atoms with van der Waals surface area (Å²) in [5.74, 6) is -0.540. The highest BCUT2D eigenvalue weighted by Gasteiger charge is 2.59. The van der Waals surface area contributed by atoms with Gasteiger partial charge in [0.1, 0.15) is 10.3 Å². The SMILES string of the molecule is CC(C)(C)C1(Cl)C=C(Cl)C(Cl)C(Cl)(Cl)C1=O. The lowest BCUT2D eigenvalue weighted by Crippen LogP contribution is -2.56. The number of hydrogen-bond donors (Lipinski definition) is 0. The average Bonchev–Trinajstić information content (AvgIpc) is 2.11. The zero-order valence-electron chi connectivity index (χ0n) is 8.95. The highest BCUT2D eigenvalue weighted by molar-refractivity contribution is 6.67. The maximum absolute atomic E-state index is 12.2. The Morgan fingerprint density at radius 2 is 1.69 bits per heavy atom. The molecule has 0 fully saturated rings. The second kappa shape index (κ2) is 4.20. The number of hydrogen-bond acceptors (Lipinski definition) is 1. The van der Waals surface area contributed by atoms with Gasteiger partial charge in [-0.15, -0.1) is 23.2 Å². The molecule has 0 aromatic rings. The van der Waals surface area contributed by atoms with E-state index in [1.54, 1.807) is 20.8 Å². The fourth-order valence-electron chi connectivity index (χ4n) is 1.42. The Balaban J connectivity index is 3.41. The van der Waals surface area contributed by atoms with Crippen LogP contribution in [0.25, 0.3) is 0 Å². The second-order valence-electron chi connectivity index (χ2n) is 4.81. The Bertz CT molecular complexity index is 355. The molecular formula is C10H11Cl5O. The number of ketones is 1. The van der Waals surface area contributed by atoms with Gasteiger partial charge < -0.3 is 0 Å². The van der Waals surface area contributed by atoms with Crippen molar-refractivity contribution in [2.24, 2.45) is 5.41 Å². The minimum atomic E-state index is -1.80. The normalized spacial score (nSPS) is 34.9. The lowest BCUT2D eigenvalue weighted by Gasteiger charge is -2.43. The monoisotopic (exact) mass is 322 g/mol. The summed E-state index contributed by atoms with van der Waals surface area (Å²) in [6, 6.07) is 0. The fraction of sp³-hybridized carbons (Fsp3) is 0.700. The molecule has 0 N–H and O–H groups in total.